The number of aryl methyl sites for hydroxylation is 2. The minimum absolute atomic E-state index is 0.405. The molecule has 0 spiro atoms. The first-order valence-corrected chi connectivity index (χ1v) is 7.99. The molecule has 3 nitrogen and oxygen atoms in total. The van der Waals surface area contributed by atoms with Gasteiger partial charge in [0.1, 0.15) is 5.82 Å². The van der Waals surface area contributed by atoms with Crippen LogP contribution in [0.3, 0.4) is 0 Å². The van der Waals surface area contributed by atoms with Crippen molar-refractivity contribution in [3.05, 3.63) is 27.2 Å². The maximum Gasteiger partial charge on any atom is 0.202 e. The van der Waals surface area contributed by atoms with E-state index < -0.39 is 0 Å². The standard InChI is InChI=1S/C13H17N3S2/c1-8(2)12-15-13(18-16-12)14-7-10-6-9-4-3-5-11(9)17-10/h6,8H,3-5,7H2,1-2H3,(H,14,15,16). The Morgan fingerprint density at radius 2 is 2.28 bits per heavy atom. The molecule has 0 saturated heterocycles. The van der Waals surface area contributed by atoms with Crippen LogP contribution in [0.25, 0.3) is 0 Å². The van der Waals surface area contributed by atoms with Gasteiger partial charge in [0.05, 0.1) is 6.54 Å². The Balaban J connectivity index is 1.62. The first-order chi connectivity index (χ1) is 8.72. The van der Waals surface area contributed by atoms with E-state index in [4.69, 9.17) is 0 Å². The minimum Gasteiger partial charge on any atom is -0.355 e. The molecule has 0 radical (unpaired) electrons. The van der Waals surface area contributed by atoms with Gasteiger partial charge in [-0.25, -0.2) is 4.98 Å². The second-order valence-electron chi connectivity index (χ2n) is 4.98. The van der Waals surface area contributed by atoms with Crippen LogP contribution in [0, 0.1) is 0 Å². The normalized spacial score (nSPS) is 14.2. The van der Waals surface area contributed by atoms with Gasteiger partial charge in [-0.1, -0.05) is 13.8 Å². The van der Waals surface area contributed by atoms with E-state index >= 15 is 0 Å². The van der Waals surface area contributed by atoms with Gasteiger partial charge in [0.15, 0.2) is 0 Å². The van der Waals surface area contributed by atoms with Crippen molar-refractivity contribution < 1.29 is 0 Å². The highest BCUT2D eigenvalue weighted by molar-refractivity contribution is 7.12. The van der Waals surface area contributed by atoms with Gasteiger partial charge in [-0.2, -0.15) is 4.37 Å². The van der Waals surface area contributed by atoms with E-state index in [0.29, 0.717) is 5.92 Å². The fraction of sp³-hybridized carbons (Fsp3) is 0.538. The first kappa shape index (κ1) is 12.1. The summed E-state index contributed by atoms with van der Waals surface area (Å²) in [5.41, 5.74) is 1.57. The Labute approximate surface area is 115 Å². The highest BCUT2D eigenvalue weighted by atomic mass is 32.1. The summed E-state index contributed by atoms with van der Waals surface area (Å²) in [6.45, 7) is 5.12. The maximum absolute atomic E-state index is 4.49. The summed E-state index contributed by atoms with van der Waals surface area (Å²) in [6, 6.07) is 2.35. The lowest BCUT2D eigenvalue weighted by Gasteiger charge is -1.99. The van der Waals surface area contributed by atoms with Crippen LogP contribution in [0.15, 0.2) is 6.07 Å². The Morgan fingerprint density at radius 3 is 3.00 bits per heavy atom. The van der Waals surface area contributed by atoms with Crippen LogP contribution in [-0.2, 0) is 19.4 Å². The second-order valence-corrected chi connectivity index (χ2v) is 6.95. The zero-order chi connectivity index (χ0) is 12.5. The maximum atomic E-state index is 4.49. The van der Waals surface area contributed by atoms with Crippen molar-refractivity contribution in [3.63, 3.8) is 0 Å². The molecular weight excluding hydrogens is 262 g/mol. The smallest absolute Gasteiger partial charge is 0.202 e. The fourth-order valence-electron chi connectivity index (χ4n) is 2.18. The monoisotopic (exact) mass is 279 g/mol. The van der Waals surface area contributed by atoms with E-state index in [-0.39, 0.29) is 0 Å². The Bertz CT molecular complexity index is 521. The van der Waals surface area contributed by atoms with Crippen molar-refractivity contribution in [1.82, 2.24) is 9.36 Å². The van der Waals surface area contributed by atoms with Crippen molar-refractivity contribution in [2.45, 2.75) is 45.6 Å². The molecule has 1 aliphatic rings. The van der Waals surface area contributed by atoms with Crippen molar-refractivity contribution in [2.24, 2.45) is 0 Å². The quantitative estimate of drug-likeness (QED) is 0.924. The molecular formula is C13H17N3S2. The van der Waals surface area contributed by atoms with Crippen LogP contribution >= 0.6 is 22.9 Å². The third-order valence-corrected chi connectivity index (χ3v) is 5.09. The number of aromatic nitrogens is 2. The molecule has 5 heteroatoms. The molecule has 0 unspecified atom stereocenters. The van der Waals surface area contributed by atoms with Crippen molar-refractivity contribution in [1.29, 1.82) is 0 Å². The van der Waals surface area contributed by atoms with E-state index in [0.717, 1.165) is 17.5 Å². The van der Waals surface area contributed by atoms with Crippen LogP contribution in [0.5, 0.6) is 0 Å². The van der Waals surface area contributed by atoms with E-state index in [1.807, 2.05) is 11.3 Å². The lowest BCUT2D eigenvalue weighted by Crippen LogP contribution is -1.97. The summed E-state index contributed by atoms with van der Waals surface area (Å²) in [5.74, 6) is 1.35. The largest absolute Gasteiger partial charge is 0.355 e. The number of hydrogen-bond acceptors (Lipinski definition) is 5. The van der Waals surface area contributed by atoms with Crippen molar-refractivity contribution in [3.8, 4) is 0 Å². The Hall–Kier alpha value is -0.940. The van der Waals surface area contributed by atoms with Gasteiger partial charge in [-0.3, -0.25) is 0 Å². The molecule has 2 heterocycles. The van der Waals surface area contributed by atoms with Gasteiger partial charge in [-0.05, 0) is 30.9 Å². The molecule has 18 heavy (non-hydrogen) atoms. The molecule has 2 aromatic heterocycles. The lowest BCUT2D eigenvalue weighted by molar-refractivity contribution is 0.799. The highest BCUT2D eigenvalue weighted by Crippen LogP contribution is 2.31. The lowest BCUT2D eigenvalue weighted by atomic mass is 10.2. The highest BCUT2D eigenvalue weighted by Gasteiger charge is 2.15. The molecule has 1 aliphatic carbocycles. The summed E-state index contributed by atoms with van der Waals surface area (Å²) >= 11 is 3.41. The Kier molecular flexibility index (Phi) is 3.35. The van der Waals surface area contributed by atoms with Crippen LogP contribution in [0.1, 0.15) is 47.3 Å². The number of nitrogens with one attached hydrogen (secondary N) is 1. The van der Waals surface area contributed by atoms with Gasteiger partial charge in [0.25, 0.3) is 0 Å². The molecule has 3 rings (SSSR count). The number of thiophene rings is 1. The molecule has 0 aromatic carbocycles. The molecule has 0 fully saturated rings. The van der Waals surface area contributed by atoms with E-state index in [2.05, 4.69) is 34.6 Å². The molecule has 0 saturated carbocycles. The Morgan fingerprint density at radius 1 is 1.39 bits per heavy atom. The topological polar surface area (TPSA) is 37.8 Å². The van der Waals surface area contributed by atoms with Gasteiger partial charge in [0.2, 0.25) is 5.13 Å². The predicted molar refractivity (Wildman–Crippen MR) is 77.7 cm³/mol. The molecule has 0 amide bonds. The van der Waals surface area contributed by atoms with E-state index in [9.17, 15) is 0 Å². The third kappa shape index (κ3) is 2.42. The molecule has 1 N–H and O–H groups in total. The molecule has 0 aliphatic heterocycles. The summed E-state index contributed by atoms with van der Waals surface area (Å²) < 4.78 is 4.35. The fourth-order valence-corrected chi connectivity index (χ4v) is 4.08. The van der Waals surface area contributed by atoms with Crippen LogP contribution in [0.2, 0.25) is 0 Å². The number of anilines is 1. The van der Waals surface area contributed by atoms with Gasteiger partial charge in [-0.15, -0.1) is 11.3 Å². The number of fused-ring (bicyclic) bond motifs is 1. The average molecular weight is 279 g/mol. The summed E-state index contributed by atoms with van der Waals surface area (Å²) in [5, 5.41) is 4.32. The minimum atomic E-state index is 0.405. The van der Waals surface area contributed by atoms with Crippen molar-refractivity contribution >= 4 is 28.0 Å². The van der Waals surface area contributed by atoms with Gasteiger partial charge >= 0.3 is 0 Å². The van der Waals surface area contributed by atoms with Crippen LogP contribution in [0.4, 0.5) is 5.13 Å². The van der Waals surface area contributed by atoms with E-state index in [1.165, 1.54) is 35.7 Å². The molecule has 0 atom stereocenters. The zero-order valence-electron chi connectivity index (χ0n) is 10.7. The number of hydrogen-bond donors (Lipinski definition) is 1. The average Bonchev–Trinajstić information content (AvgIpc) is 3.01. The van der Waals surface area contributed by atoms with Gasteiger partial charge in [0, 0.05) is 27.2 Å². The SMILES string of the molecule is CC(C)c1nsc(NCc2cc3c(s2)CCC3)n1. The molecule has 0 bridgehead atoms. The van der Waals surface area contributed by atoms with Crippen molar-refractivity contribution in [2.75, 3.05) is 5.32 Å². The van der Waals surface area contributed by atoms with Crippen LogP contribution in [-0.4, -0.2) is 9.36 Å². The molecule has 2 aromatic rings. The predicted octanol–water partition coefficient (Wildman–Crippen LogP) is 3.82. The van der Waals surface area contributed by atoms with Gasteiger partial charge < -0.3 is 5.32 Å². The number of rotatable bonds is 4. The third-order valence-electron chi connectivity index (χ3n) is 3.17. The summed E-state index contributed by atoms with van der Waals surface area (Å²) in [6.07, 6.45) is 3.88. The second kappa shape index (κ2) is 4.97. The van der Waals surface area contributed by atoms with E-state index in [1.54, 1.807) is 10.4 Å². The zero-order valence-corrected chi connectivity index (χ0v) is 12.3. The van der Waals surface area contributed by atoms with Crippen LogP contribution < -0.4 is 5.32 Å². The summed E-state index contributed by atoms with van der Waals surface area (Å²) in [4.78, 5) is 7.50. The number of nitrogens with zero attached hydrogens (tertiary/aromatic N) is 2. The summed E-state index contributed by atoms with van der Waals surface area (Å²) in [7, 11) is 0. The molecule has 96 valence electrons. The first-order valence-electron chi connectivity index (χ1n) is 6.40.